The Kier molecular flexibility index (Phi) is 3.90. The molecule has 0 aliphatic heterocycles. The molecule has 4 aliphatic carbocycles. The van der Waals surface area contributed by atoms with E-state index in [9.17, 15) is 4.79 Å². The zero-order valence-corrected chi connectivity index (χ0v) is 17.8. The molecule has 7 rings (SSSR count). The highest BCUT2D eigenvalue weighted by molar-refractivity contribution is 5.97. The van der Waals surface area contributed by atoms with Gasteiger partial charge < -0.3 is 10.3 Å². The molecule has 0 radical (unpaired) electrons. The van der Waals surface area contributed by atoms with Crippen LogP contribution in [-0.4, -0.2) is 15.9 Å². The number of nitrogens with zero attached hydrogens (tertiary/aromatic N) is 1. The number of hydrogen-bond acceptors (Lipinski definition) is 2. The number of nitrogens with one attached hydrogen (secondary N) is 2. The Balaban J connectivity index is 1.28. The van der Waals surface area contributed by atoms with E-state index in [1.807, 2.05) is 18.2 Å². The third-order valence-corrected chi connectivity index (χ3v) is 7.91. The van der Waals surface area contributed by atoms with Crippen LogP contribution in [0.5, 0.6) is 0 Å². The van der Waals surface area contributed by atoms with Crippen molar-refractivity contribution < 1.29 is 4.79 Å². The number of carbonyl (C=O) groups is 1. The highest BCUT2D eigenvalue weighted by Crippen LogP contribution is 2.60. The summed E-state index contributed by atoms with van der Waals surface area (Å²) in [5.41, 5.74) is 6.20. The number of H-pyrrole nitrogens is 1. The van der Waals surface area contributed by atoms with E-state index < -0.39 is 0 Å². The standard InChI is InChI=1S/C26H29N3O/c1-15-3-4-16(2)21(7-15)24-28-22-6-5-20(11-23(22)29-24)27-25(30)26-12-17-8-18(13-26)10-19(9-17)14-26/h3-7,11,17-19H,8-10,12-14H2,1-2H3,(H,27,30)(H,28,29). The number of aryl methyl sites for hydroxylation is 2. The van der Waals surface area contributed by atoms with Gasteiger partial charge in [0.2, 0.25) is 5.91 Å². The number of aromatic amines is 1. The normalized spacial score (nSPS) is 29.5. The lowest BCUT2D eigenvalue weighted by atomic mass is 9.49. The van der Waals surface area contributed by atoms with Crippen LogP contribution >= 0.6 is 0 Å². The van der Waals surface area contributed by atoms with Gasteiger partial charge in [-0.25, -0.2) is 4.98 Å². The fourth-order valence-electron chi connectivity index (χ4n) is 6.86. The first-order chi connectivity index (χ1) is 14.5. The predicted octanol–water partition coefficient (Wildman–Crippen LogP) is 6.00. The van der Waals surface area contributed by atoms with E-state index in [1.165, 1.54) is 30.4 Å². The van der Waals surface area contributed by atoms with Gasteiger partial charge in [0.05, 0.1) is 16.4 Å². The Bertz CT molecular complexity index is 1120. The molecule has 2 aromatic carbocycles. The van der Waals surface area contributed by atoms with Crippen molar-refractivity contribution in [3.8, 4) is 11.4 Å². The van der Waals surface area contributed by atoms with Crippen LogP contribution in [0.25, 0.3) is 22.4 Å². The Hall–Kier alpha value is -2.62. The molecule has 4 saturated carbocycles. The van der Waals surface area contributed by atoms with Gasteiger partial charge >= 0.3 is 0 Å². The smallest absolute Gasteiger partial charge is 0.230 e. The van der Waals surface area contributed by atoms with Gasteiger partial charge in [-0.3, -0.25) is 4.79 Å². The average molecular weight is 400 g/mol. The summed E-state index contributed by atoms with van der Waals surface area (Å²) in [6.45, 7) is 4.21. The minimum atomic E-state index is -0.123. The lowest BCUT2D eigenvalue weighted by molar-refractivity contribution is -0.140. The summed E-state index contributed by atoms with van der Waals surface area (Å²) in [5, 5.41) is 3.27. The Morgan fingerprint density at radius 1 is 1.00 bits per heavy atom. The number of aromatic nitrogens is 2. The van der Waals surface area contributed by atoms with Gasteiger partial charge in [0.1, 0.15) is 5.82 Å². The first-order valence-electron chi connectivity index (χ1n) is 11.4. The second-order valence-corrected chi connectivity index (χ2v) is 10.3. The van der Waals surface area contributed by atoms with Crippen LogP contribution in [0.3, 0.4) is 0 Å². The SMILES string of the molecule is Cc1ccc(C)c(-c2nc3ccc(NC(=O)C45CC6CC(CC(C6)C4)C5)cc3[nH]2)c1. The van der Waals surface area contributed by atoms with Crippen molar-refractivity contribution in [1.29, 1.82) is 0 Å². The monoisotopic (exact) mass is 399 g/mol. The summed E-state index contributed by atoms with van der Waals surface area (Å²) >= 11 is 0. The lowest BCUT2D eigenvalue weighted by Crippen LogP contribution is -2.51. The van der Waals surface area contributed by atoms with Gasteiger partial charge in [-0.1, -0.05) is 17.7 Å². The van der Waals surface area contributed by atoms with Gasteiger partial charge in [0, 0.05) is 11.3 Å². The number of rotatable bonds is 3. The maximum atomic E-state index is 13.4. The zero-order valence-electron chi connectivity index (χ0n) is 17.8. The predicted molar refractivity (Wildman–Crippen MR) is 120 cm³/mol. The molecule has 154 valence electrons. The van der Waals surface area contributed by atoms with Crippen LogP contribution in [0.15, 0.2) is 36.4 Å². The van der Waals surface area contributed by atoms with Gasteiger partial charge in [-0.05, 0) is 100.0 Å². The molecule has 0 spiro atoms. The fraction of sp³-hybridized carbons (Fsp3) is 0.462. The quantitative estimate of drug-likeness (QED) is 0.567. The van der Waals surface area contributed by atoms with Crippen LogP contribution in [0.2, 0.25) is 0 Å². The van der Waals surface area contributed by atoms with Crippen molar-refractivity contribution in [2.45, 2.75) is 52.4 Å². The molecule has 1 heterocycles. The molecule has 4 nitrogen and oxygen atoms in total. The molecule has 1 amide bonds. The maximum absolute atomic E-state index is 13.4. The molecule has 30 heavy (non-hydrogen) atoms. The minimum Gasteiger partial charge on any atom is -0.338 e. The summed E-state index contributed by atoms with van der Waals surface area (Å²) in [6, 6.07) is 12.5. The van der Waals surface area contributed by atoms with Crippen molar-refractivity contribution in [3.05, 3.63) is 47.5 Å². The van der Waals surface area contributed by atoms with Crippen molar-refractivity contribution in [2.24, 2.45) is 23.2 Å². The topological polar surface area (TPSA) is 57.8 Å². The van der Waals surface area contributed by atoms with Crippen LogP contribution in [0.4, 0.5) is 5.69 Å². The number of hydrogen-bond donors (Lipinski definition) is 2. The molecular weight excluding hydrogens is 370 g/mol. The average Bonchev–Trinajstić information content (AvgIpc) is 3.12. The molecule has 4 aliphatic rings. The van der Waals surface area contributed by atoms with E-state index in [4.69, 9.17) is 4.98 Å². The van der Waals surface area contributed by atoms with Crippen molar-refractivity contribution in [2.75, 3.05) is 5.32 Å². The summed E-state index contributed by atoms with van der Waals surface area (Å²) in [6.07, 6.45) is 7.34. The largest absolute Gasteiger partial charge is 0.338 e. The van der Waals surface area contributed by atoms with Crippen LogP contribution in [-0.2, 0) is 4.79 Å². The number of benzene rings is 2. The Morgan fingerprint density at radius 2 is 1.70 bits per heavy atom. The summed E-state index contributed by atoms with van der Waals surface area (Å²) < 4.78 is 0. The first-order valence-corrected chi connectivity index (χ1v) is 11.4. The van der Waals surface area contributed by atoms with Crippen LogP contribution in [0.1, 0.15) is 49.7 Å². The second-order valence-electron chi connectivity index (χ2n) is 10.3. The molecule has 0 saturated heterocycles. The van der Waals surface area contributed by atoms with Gasteiger partial charge in [-0.15, -0.1) is 0 Å². The van der Waals surface area contributed by atoms with Crippen LogP contribution in [0, 0.1) is 37.0 Å². The third kappa shape index (κ3) is 2.88. The van der Waals surface area contributed by atoms with E-state index in [-0.39, 0.29) is 11.3 Å². The molecular formula is C26H29N3O. The summed E-state index contributed by atoms with van der Waals surface area (Å²) in [7, 11) is 0. The second kappa shape index (κ2) is 6.44. The molecule has 3 aromatic rings. The molecule has 0 atom stereocenters. The van der Waals surface area contributed by atoms with E-state index >= 15 is 0 Å². The zero-order chi connectivity index (χ0) is 20.5. The van der Waals surface area contributed by atoms with Gasteiger partial charge in [0.25, 0.3) is 0 Å². The van der Waals surface area contributed by atoms with Gasteiger partial charge in [-0.2, -0.15) is 0 Å². The van der Waals surface area contributed by atoms with Crippen LogP contribution < -0.4 is 5.32 Å². The maximum Gasteiger partial charge on any atom is 0.230 e. The lowest BCUT2D eigenvalue weighted by Gasteiger charge is -2.55. The van der Waals surface area contributed by atoms with Crippen molar-refractivity contribution >= 4 is 22.6 Å². The molecule has 0 unspecified atom stereocenters. The number of carbonyl (C=O) groups excluding carboxylic acids is 1. The number of amides is 1. The number of fused-ring (bicyclic) bond motifs is 1. The number of imidazole rings is 1. The highest BCUT2D eigenvalue weighted by Gasteiger charge is 2.54. The molecule has 4 fully saturated rings. The van der Waals surface area contributed by atoms with E-state index in [2.05, 4.69) is 42.3 Å². The molecule has 4 bridgehead atoms. The van der Waals surface area contributed by atoms with Crippen molar-refractivity contribution in [3.63, 3.8) is 0 Å². The molecule has 4 heteroatoms. The van der Waals surface area contributed by atoms with E-state index in [0.717, 1.165) is 65.1 Å². The van der Waals surface area contributed by atoms with Crippen molar-refractivity contribution in [1.82, 2.24) is 9.97 Å². The fourth-order valence-corrected chi connectivity index (χ4v) is 6.86. The Labute approximate surface area is 177 Å². The third-order valence-electron chi connectivity index (χ3n) is 7.91. The molecule has 2 N–H and O–H groups in total. The highest BCUT2D eigenvalue weighted by atomic mass is 16.2. The van der Waals surface area contributed by atoms with E-state index in [0.29, 0.717) is 0 Å². The van der Waals surface area contributed by atoms with Gasteiger partial charge in [0.15, 0.2) is 0 Å². The summed E-state index contributed by atoms with van der Waals surface area (Å²) in [4.78, 5) is 21.6. The number of anilines is 1. The molecule has 1 aromatic heterocycles. The Morgan fingerprint density at radius 3 is 2.40 bits per heavy atom. The summed E-state index contributed by atoms with van der Waals surface area (Å²) in [5.74, 6) is 3.46. The minimum absolute atomic E-state index is 0.123. The van der Waals surface area contributed by atoms with E-state index in [1.54, 1.807) is 0 Å². The first kappa shape index (κ1) is 18.2.